The molecule has 0 bridgehead atoms. The molecule has 0 spiro atoms. The van der Waals surface area contributed by atoms with Gasteiger partial charge in [-0.1, -0.05) is 24.1 Å². The molecule has 0 aliphatic heterocycles. The van der Waals surface area contributed by atoms with Gasteiger partial charge in [0.05, 0.1) is 28.4 Å². The Balaban J connectivity index is 1.36. The lowest BCUT2D eigenvalue weighted by molar-refractivity contribution is -0.185. The number of allylic oxidation sites excluding steroid dienone is 2. The number of nitrogens with one attached hydrogen (secondary N) is 1. The maximum atomic E-state index is 14.2. The summed E-state index contributed by atoms with van der Waals surface area (Å²) >= 11 is 0. The minimum Gasteiger partial charge on any atom is -0.233 e. The van der Waals surface area contributed by atoms with Crippen molar-refractivity contribution in [1.82, 2.24) is 14.5 Å². The van der Waals surface area contributed by atoms with Crippen molar-refractivity contribution < 1.29 is 30.4 Å². The van der Waals surface area contributed by atoms with Crippen molar-refractivity contribution in [2.75, 3.05) is 0 Å². The minimum atomic E-state index is -4.62. The maximum absolute atomic E-state index is 14.2. The largest absolute Gasteiger partial charge is 0.393 e. The Kier molecular flexibility index (Phi) is 6.30. The topological polar surface area (TPSA) is 64.0 Å². The molecule has 1 fully saturated rings. The molecule has 0 amide bonds. The molecule has 1 unspecified atom stereocenters. The first kappa shape index (κ1) is 26.9. The van der Waals surface area contributed by atoms with Crippen molar-refractivity contribution in [2.24, 2.45) is 17.3 Å². The number of aromatic nitrogens is 2. The van der Waals surface area contributed by atoms with E-state index in [0.717, 1.165) is 46.7 Å². The number of sulfonamides is 1. The van der Waals surface area contributed by atoms with E-state index < -0.39 is 45.3 Å². The number of hydrogen-bond donors (Lipinski definition) is 1. The van der Waals surface area contributed by atoms with Gasteiger partial charge < -0.3 is 0 Å². The highest BCUT2D eigenvalue weighted by Crippen LogP contribution is 2.57. The van der Waals surface area contributed by atoms with E-state index >= 15 is 0 Å². The highest BCUT2D eigenvalue weighted by Gasteiger charge is 2.55. The van der Waals surface area contributed by atoms with E-state index in [2.05, 4.69) is 9.82 Å². The van der Waals surface area contributed by atoms with Crippen LogP contribution in [0.3, 0.4) is 0 Å². The van der Waals surface area contributed by atoms with Crippen LogP contribution in [0.15, 0.2) is 76.8 Å². The van der Waals surface area contributed by atoms with Gasteiger partial charge in [-0.2, -0.15) is 18.3 Å². The number of halogens is 5. The minimum absolute atomic E-state index is 0.288. The Morgan fingerprint density at radius 1 is 1.02 bits per heavy atom. The highest BCUT2D eigenvalue weighted by atomic mass is 32.2. The van der Waals surface area contributed by atoms with Gasteiger partial charge in [-0.3, -0.25) is 0 Å². The number of nitrogens with zero attached hydrogens (tertiary/aromatic N) is 2. The summed E-state index contributed by atoms with van der Waals surface area (Å²) in [7, 11) is -4.35. The van der Waals surface area contributed by atoms with Crippen molar-refractivity contribution in [3.63, 3.8) is 0 Å². The summed E-state index contributed by atoms with van der Waals surface area (Å²) in [5, 5.41) is 4.50. The molecule has 3 aliphatic carbocycles. The number of rotatable bonds is 4. The van der Waals surface area contributed by atoms with Crippen LogP contribution in [0, 0.1) is 28.9 Å². The van der Waals surface area contributed by atoms with Crippen molar-refractivity contribution in [2.45, 2.75) is 49.7 Å². The highest BCUT2D eigenvalue weighted by molar-refractivity contribution is 7.89. The van der Waals surface area contributed by atoms with Crippen molar-refractivity contribution >= 4 is 16.1 Å². The molecule has 1 heterocycles. The Hall–Kier alpha value is -3.31. The Morgan fingerprint density at radius 2 is 1.68 bits per heavy atom. The van der Waals surface area contributed by atoms with Gasteiger partial charge >= 0.3 is 6.18 Å². The number of alkyl halides is 3. The predicted octanol–water partition coefficient (Wildman–Crippen LogP) is 6.36. The molecule has 0 saturated heterocycles. The molecule has 40 heavy (non-hydrogen) atoms. The molecule has 5 nitrogen and oxygen atoms in total. The van der Waals surface area contributed by atoms with E-state index in [-0.39, 0.29) is 17.1 Å². The second-order valence-electron chi connectivity index (χ2n) is 10.9. The molecule has 0 radical (unpaired) electrons. The predicted molar refractivity (Wildman–Crippen MR) is 139 cm³/mol. The molecule has 1 saturated carbocycles. The molecule has 3 aromatic rings. The molecule has 6 rings (SSSR count). The Labute approximate surface area is 228 Å². The first-order chi connectivity index (χ1) is 18.9. The van der Waals surface area contributed by atoms with Crippen LogP contribution in [0.5, 0.6) is 0 Å². The lowest BCUT2D eigenvalue weighted by Crippen LogP contribution is -2.55. The third-order valence-electron chi connectivity index (χ3n) is 8.58. The number of hydrogen-bond acceptors (Lipinski definition) is 3. The molecule has 1 aromatic heterocycles. The van der Waals surface area contributed by atoms with Crippen LogP contribution in [0.25, 0.3) is 11.8 Å². The van der Waals surface area contributed by atoms with E-state index in [1.54, 1.807) is 29.1 Å². The summed E-state index contributed by atoms with van der Waals surface area (Å²) < 4.78 is 100. The van der Waals surface area contributed by atoms with E-state index in [1.165, 1.54) is 12.1 Å². The fourth-order valence-corrected chi connectivity index (χ4v) is 7.91. The molecule has 11 heteroatoms. The average molecular weight is 576 g/mol. The zero-order valence-corrected chi connectivity index (χ0v) is 22.2. The van der Waals surface area contributed by atoms with E-state index in [1.807, 2.05) is 13.0 Å². The molecular weight excluding hydrogens is 549 g/mol. The Bertz CT molecular complexity index is 1630. The van der Waals surface area contributed by atoms with Crippen LogP contribution < -0.4 is 4.72 Å². The third kappa shape index (κ3) is 4.49. The summed E-state index contributed by atoms with van der Waals surface area (Å²) in [6, 6.07) is 8.58. The van der Waals surface area contributed by atoms with Crippen LogP contribution in [-0.4, -0.2) is 30.4 Å². The summed E-state index contributed by atoms with van der Waals surface area (Å²) in [4.78, 5) is -0.288. The standard InChI is InChI=1S/C29H26F5N3O2S/c1-28-15-17-16-35-37(21-7-3-19(30)4-8-21)26(17)14-18(28)2-11-23-24(28)12-13-25(29(32,33)34)27(23)36-40(38,39)22-9-5-20(31)6-10-22/h3-10,12,14,16,23,25,27,36H,2,11,13,15H2,1H3/t23?,25-,27-,28+/m1/s1. The summed E-state index contributed by atoms with van der Waals surface area (Å²) in [6.07, 6.45) is 1.71. The molecule has 1 N–H and O–H groups in total. The fourth-order valence-electron chi connectivity index (χ4n) is 6.59. The van der Waals surface area contributed by atoms with Crippen LogP contribution in [0.1, 0.15) is 37.4 Å². The molecular formula is C29H26F5N3O2S. The molecule has 2 aromatic carbocycles. The van der Waals surface area contributed by atoms with E-state index in [4.69, 9.17) is 0 Å². The summed E-state index contributed by atoms with van der Waals surface area (Å²) in [5.74, 6) is -3.58. The fraction of sp³-hybridized carbons (Fsp3) is 0.345. The van der Waals surface area contributed by atoms with Gasteiger partial charge in [0.15, 0.2) is 0 Å². The van der Waals surface area contributed by atoms with Crippen LogP contribution in [0.2, 0.25) is 0 Å². The average Bonchev–Trinajstić information content (AvgIpc) is 3.29. The first-order valence-electron chi connectivity index (χ1n) is 13.0. The van der Waals surface area contributed by atoms with Crippen LogP contribution >= 0.6 is 0 Å². The van der Waals surface area contributed by atoms with Crippen molar-refractivity contribution in [3.8, 4) is 5.69 Å². The first-order valence-corrected chi connectivity index (χ1v) is 14.4. The third-order valence-corrected chi connectivity index (χ3v) is 10.1. The van der Waals surface area contributed by atoms with Crippen molar-refractivity contribution in [1.29, 1.82) is 0 Å². The van der Waals surface area contributed by atoms with Gasteiger partial charge in [0.1, 0.15) is 11.6 Å². The maximum Gasteiger partial charge on any atom is 0.393 e. The molecule has 3 aliphatic rings. The zero-order valence-electron chi connectivity index (χ0n) is 21.4. The van der Waals surface area contributed by atoms with E-state index in [0.29, 0.717) is 24.9 Å². The van der Waals surface area contributed by atoms with Crippen molar-refractivity contribution in [3.05, 3.63) is 94.8 Å². The van der Waals surface area contributed by atoms with Gasteiger partial charge in [0.2, 0.25) is 10.0 Å². The van der Waals surface area contributed by atoms with E-state index in [9.17, 15) is 30.4 Å². The number of benzene rings is 2. The quantitative estimate of drug-likeness (QED) is 0.291. The molecule has 4 atom stereocenters. The smallest absolute Gasteiger partial charge is 0.233 e. The second-order valence-corrected chi connectivity index (χ2v) is 12.6. The lowest BCUT2D eigenvalue weighted by Gasteiger charge is -2.51. The van der Waals surface area contributed by atoms with Gasteiger partial charge in [-0.25, -0.2) is 26.6 Å². The normalized spacial score (nSPS) is 26.3. The van der Waals surface area contributed by atoms with Crippen LogP contribution in [0.4, 0.5) is 22.0 Å². The summed E-state index contributed by atoms with van der Waals surface area (Å²) in [6.45, 7) is 1.99. The lowest BCUT2D eigenvalue weighted by atomic mass is 9.55. The molecule has 210 valence electrons. The Morgan fingerprint density at radius 3 is 2.33 bits per heavy atom. The SMILES string of the molecule is C[C@]12Cc3cnn(-c4ccc(F)cc4)c3C=C1CCC1C2=CC[C@@H](C(F)(F)F)[C@@H]1NS(=O)(=O)c1ccc(F)cc1. The van der Waals surface area contributed by atoms with Gasteiger partial charge in [0, 0.05) is 11.5 Å². The summed E-state index contributed by atoms with van der Waals surface area (Å²) in [5.41, 5.74) is 3.66. The van der Waals surface area contributed by atoms with Gasteiger partial charge in [-0.15, -0.1) is 0 Å². The van der Waals surface area contributed by atoms with Gasteiger partial charge in [0.25, 0.3) is 0 Å². The number of fused-ring (bicyclic) bond motifs is 4. The zero-order chi connectivity index (χ0) is 28.4. The van der Waals surface area contributed by atoms with Gasteiger partial charge in [-0.05, 0) is 91.8 Å². The monoisotopic (exact) mass is 575 g/mol. The second kappa shape index (κ2) is 9.37. The van der Waals surface area contributed by atoms with Crippen LogP contribution in [-0.2, 0) is 16.4 Å².